The molecule has 0 radical (unpaired) electrons. The van der Waals surface area contributed by atoms with Gasteiger partial charge in [0.05, 0.1) is 6.10 Å². The van der Waals surface area contributed by atoms with E-state index in [2.05, 4.69) is 0 Å². The van der Waals surface area contributed by atoms with Gasteiger partial charge in [-0.25, -0.2) is 0 Å². The van der Waals surface area contributed by atoms with E-state index in [1.54, 1.807) is 36.4 Å². The van der Waals surface area contributed by atoms with Crippen molar-refractivity contribution in [1.29, 1.82) is 0 Å². The maximum atomic E-state index is 12.9. The average molecular weight is 390 g/mol. The fraction of sp³-hybridized carbons (Fsp3) is 0.280. The molecule has 0 saturated heterocycles. The van der Waals surface area contributed by atoms with Gasteiger partial charge in [0.15, 0.2) is 11.6 Å². The van der Waals surface area contributed by atoms with Crippen molar-refractivity contribution in [3.8, 4) is 0 Å². The number of benzene rings is 2. The lowest BCUT2D eigenvalue weighted by atomic mass is 9.70. The minimum Gasteiger partial charge on any atom is -0.388 e. The van der Waals surface area contributed by atoms with Crippen LogP contribution in [-0.4, -0.2) is 33.5 Å². The molecule has 1 aliphatic rings. The van der Waals surface area contributed by atoms with Crippen molar-refractivity contribution in [2.45, 2.75) is 38.4 Å². The number of aliphatic hydroxyl groups excluding tert-OH is 1. The highest BCUT2D eigenvalue weighted by molar-refractivity contribution is 6.01. The fourth-order valence-corrected chi connectivity index (χ4v) is 3.63. The first kappa shape index (κ1) is 20.9. The molecule has 0 bridgehead atoms. The molecule has 29 heavy (non-hydrogen) atoms. The highest BCUT2D eigenvalue weighted by Crippen LogP contribution is 2.37. The summed E-state index contributed by atoms with van der Waals surface area (Å²) in [5, 5.41) is 20.7. The lowest BCUT2D eigenvalue weighted by molar-refractivity contribution is 0.0488. The van der Waals surface area contributed by atoms with Crippen LogP contribution in [0, 0.1) is 5.41 Å². The maximum Gasteiger partial charge on any atom is 0.193 e. The Morgan fingerprint density at radius 3 is 2.21 bits per heavy atom. The van der Waals surface area contributed by atoms with Gasteiger partial charge < -0.3 is 10.2 Å². The highest BCUT2D eigenvalue weighted by atomic mass is 16.3. The summed E-state index contributed by atoms with van der Waals surface area (Å²) in [5.74, 6) is -0.378. The zero-order valence-corrected chi connectivity index (χ0v) is 16.7. The first-order valence-corrected chi connectivity index (χ1v) is 9.70. The first-order valence-electron chi connectivity index (χ1n) is 9.70. The third kappa shape index (κ3) is 4.78. The Balaban J connectivity index is 1.85. The van der Waals surface area contributed by atoms with Gasteiger partial charge in [0.1, 0.15) is 5.60 Å². The van der Waals surface area contributed by atoms with Crippen LogP contribution in [0.4, 0.5) is 0 Å². The van der Waals surface area contributed by atoms with E-state index in [-0.39, 0.29) is 18.0 Å². The molecule has 0 aliphatic heterocycles. The van der Waals surface area contributed by atoms with Crippen LogP contribution in [0.5, 0.6) is 0 Å². The summed E-state index contributed by atoms with van der Waals surface area (Å²) in [6.45, 7) is 2.92. The molecule has 0 saturated carbocycles. The summed E-state index contributed by atoms with van der Waals surface area (Å²) < 4.78 is 0. The molecule has 2 atom stereocenters. The van der Waals surface area contributed by atoms with Crippen LogP contribution in [0.3, 0.4) is 0 Å². The number of rotatable bonds is 7. The Hall–Kier alpha value is -2.82. The van der Waals surface area contributed by atoms with Gasteiger partial charge in [0, 0.05) is 23.0 Å². The molecule has 2 N–H and O–H groups in total. The average Bonchev–Trinajstić information content (AvgIpc) is 2.70. The van der Waals surface area contributed by atoms with Crippen molar-refractivity contribution in [2.75, 3.05) is 0 Å². The highest BCUT2D eigenvalue weighted by Gasteiger charge is 2.38. The molecule has 2 aromatic carbocycles. The number of carbonyl (C=O) groups excluding carboxylic acids is 2. The Kier molecular flexibility index (Phi) is 5.96. The molecule has 2 aromatic rings. The number of ketones is 2. The molecular weight excluding hydrogens is 364 g/mol. The van der Waals surface area contributed by atoms with Crippen molar-refractivity contribution in [3.05, 3.63) is 95.6 Å². The lowest BCUT2D eigenvalue weighted by Crippen LogP contribution is -2.38. The molecule has 0 heterocycles. The van der Waals surface area contributed by atoms with E-state index in [9.17, 15) is 19.8 Å². The number of Topliss-reactive ketones (excluding diaryl/α,β-unsaturated/α-hetero) is 2. The Morgan fingerprint density at radius 2 is 1.62 bits per heavy atom. The predicted octanol–water partition coefficient (Wildman–Crippen LogP) is 3.93. The van der Waals surface area contributed by atoms with Gasteiger partial charge in [-0.2, -0.15) is 0 Å². The van der Waals surface area contributed by atoms with Gasteiger partial charge in [-0.3, -0.25) is 9.59 Å². The number of aliphatic hydroxyl groups is 2. The van der Waals surface area contributed by atoms with Crippen LogP contribution < -0.4 is 0 Å². The molecule has 0 spiro atoms. The van der Waals surface area contributed by atoms with Crippen molar-refractivity contribution in [1.82, 2.24) is 0 Å². The number of allylic oxidation sites excluding steroid dienone is 2. The monoisotopic (exact) mass is 390 g/mol. The van der Waals surface area contributed by atoms with Crippen LogP contribution in [0.2, 0.25) is 0 Å². The van der Waals surface area contributed by atoms with Crippen molar-refractivity contribution in [2.24, 2.45) is 5.41 Å². The molecule has 4 nitrogen and oxygen atoms in total. The van der Waals surface area contributed by atoms with E-state index in [0.29, 0.717) is 17.5 Å². The molecule has 0 aromatic heterocycles. The smallest absolute Gasteiger partial charge is 0.193 e. The molecular formula is C25H26O4. The topological polar surface area (TPSA) is 74.6 Å². The summed E-state index contributed by atoms with van der Waals surface area (Å²) in [6, 6.07) is 16.1. The second-order valence-electron chi connectivity index (χ2n) is 8.15. The minimum atomic E-state index is -1.43. The van der Waals surface area contributed by atoms with Crippen molar-refractivity contribution >= 4 is 11.6 Å². The molecule has 1 aliphatic carbocycles. The lowest BCUT2D eigenvalue weighted by Gasteiger charge is -2.35. The molecule has 0 fully saturated rings. The maximum absolute atomic E-state index is 12.9. The fourth-order valence-electron chi connectivity index (χ4n) is 3.63. The third-order valence-electron chi connectivity index (χ3n) is 5.31. The van der Waals surface area contributed by atoms with Crippen LogP contribution in [-0.2, 0) is 6.42 Å². The molecule has 150 valence electrons. The normalized spacial score (nSPS) is 21.2. The quantitative estimate of drug-likeness (QED) is 0.703. The predicted molar refractivity (Wildman–Crippen MR) is 113 cm³/mol. The molecule has 3 rings (SSSR count). The largest absolute Gasteiger partial charge is 0.388 e. The summed E-state index contributed by atoms with van der Waals surface area (Å²) >= 11 is 0. The van der Waals surface area contributed by atoms with Gasteiger partial charge in [0.25, 0.3) is 0 Å². The Labute approximate surface area is 171 Å². The van der Waals surface area contributed by atoms with Gasteiger partial charge in [-0.05, 0) is 25.8 Å². The van der Waals surface area contributed by atoms with E-state index in [0.717, 1.165) is 5.56 Å². The SMILES string of the molecule is CC(C)(O)C(=O)c1ccc(CC2(CC(=O)c3ccccc3)C=CC=CC2O)cc1. The summed E-state index contributed by atoms with van der Waals surface area (Å²) in [5.41, 5.74) is -0.248. The van der Waals surface area contributed by atoms with E-state index in [1.807, 2.05) is 42.5 Å². The van der Waals surface area contributed by atoms with Gasteiger partial charge in [0.2, 0.25) is 0 Å². The van der Waals surface area contributed by atoms with Gasteiger partial charge >= 0.3 is 0 Å². The number of carbonyl (C=O) groups is 2. The summed E-state index contributed by atoms with van der Waals surface area (Å²) in [7, 11) is 0. The van der Waals surface area contributed by atoms with Crippen LogP contribution in [0.1, 0.15) is 46.5 Å². The molecule has 4 heteroatoms. The first-order chi connectivity index (χ1) is 13.7. The zero-order valence-electron chi connectivity index (χ0n) is 16.7. The number of hydrogen-bond acceptors (Lipinski definition) is 4. The van der Waals surface area contributed by atoms with Gasteiger partial charge in [-0.1, -0.05) is 78.9 Å². The molecule has 0 amide bonds. The second kappa shape index (κ2) is 8.27. The Bertz CT molecular complexity index is 933. The van der Waals surface area contributed by atoms with Crippen LogP contribution in [0.25, 0.3) is 0 Å². The van der Waals surface area contributed by atoms with Crippen LogP contribution in [0.15, 0.2) is 78.9 Å². The van der Waals surface area contributed by atoms with Crippen molar-refractivity contribution < 1.29 is 19.8 Å². The van der Waals surface area contributed by atoms with E-state index < -0.39 is 17.1 Å². The van der Waals surface area contributed by atoms with Gasteiger partial charge in [-0.15, -0.1) is 0 Å². The van der Waals surface area contributed by atoms with E-state index in [1.165, 1.54) is 13.8 Å². The standard InChI is InChI=1S/C25H26O4/c1-24(2,29)23(28)20-13-11-18(12-14-20)16-25(15-7-6-10-22(25)27)17-21(26)19-8-4-3-5-9-19/h3-15,22,27,29H,16-17H2,1-2H3. The minimum absolute atomic E-state index is 0.0292. The van der Waals surface area contributed by atoms with Crippen molar-refractivity contribution in [3.63, 3.8) is 0 Å². The second-order valence-corrected chi connectivity index (χ2v) is 8.15. The third-order valence-corrected chi connectivity index (χ3v) is 5.31. The zero-order chi connectivity index (χ0) is 21.1. The summed E-state index contributed by atoms with van der Waals surface area (Å²) in [4.78, 5) is 25.1. The number of hydrogen-bond donors (Lipinski definition) is 2. The summed E-state index contributed by atoms with van der Waals surface area (Å²) in [6.07, 6.45) is 7.06. The Morgan fingerprint density at radius 1 is 0.966 bits per heavy atom. The van der Waals surface area contributed by atoms with E-state index >= 15 is 0 Å². The molecule has 2 unspecified atom stereocenters. The van der Waals surface area contributed by atoms with E-state index in [4.69, 9.17) is 0 Å². The van der Waals surface area contributed by atoms with Crippen LogP contribution >= 0.6 is 0 Å².